The van der Waals surface area contributed by atoms with Crippen molar-refractivity contribution in [2.24, 2.45) is 23.7 Å². The summed E-state index contributed by atoms with van der Waals surface area (Å²) in [5.74, 6) is 3.87. The monoisotopic (exact) mass is 237 g/mol. The zero-order chi connectivity index (χ0) is 11.7. The Balaban J connectivity index is 1.65. The first kappa shape index (κ1) is 12.0. The van der Waals surface area contributed by atoms with Crippen LogP contribution < -0.4 is 5.32 Å². The van der Waals surface area contributed by atoms with Crippen molar-refractivity contribution in [1.82, 2.24) is 5.32 Å². The average Bonchev–Trinajstić information content (AvgIpc) is 3.06. The van der Waals surface area contributed by atoms with Crippen molar-refractivity contribution in [2.45, 2.75) is 51.5 Å². The van der Waals surface area contributed by atoms with Gasteiger partial charge in [-0.25, -0.2) is 0 Å². The quantitative estimate of drug-likeness (QED) is 0.794. The normalized spacial score (nSPS) is 42.2. The summed E-state index contributed by atoms with van der Waals surface area (Å²) in [6.07, 6.45) is 8.60. The van der Waals surface area contributed by atoms with E-state index >= 15 is 0 Å². The highest BCUT2D eigenvalue weighted by molar-refractivity contribution is 4.98. The van der Waals surface area contributed by atoms with Gasteiger partial charge in [0.25, 0.3) is 0 Å². The van der Waals surface area contributed by atoms with Crippen molar-refractivity contribution < 1.29 is 4.74 Å². The van der Waals surface area contributed by atoms with Gasteiger partial charge in [-0.2, -0.15) is 0 Å². The van der Waals surface area contributed by atoms with Crippen LogP contribution >= 0.6 is 0 Å². The molecule has 2 aliphatic carbocycles. The smallest absolute Gasteiger partial charge is 0.0510 e. The molecule has 98 valence electrons. The molecule has 0 aromatic heterocycles. The first-order valence-electron chi connectivity index (χ1n) is 7.69. The lowest BCUT2D eigenvalue weighted by molar-refractivity contribution is 0.147. The third-order valence-electron chi connectivity index (χ3n) is 5.36. The summed E-state index contributed by atoms with van der Waals surface area (Å²) in [5.41, 5.74) is 0. The Labute approximate surface area is 105 Å². The van der Waals surface area contributed by atoms with Crippen molar-refractivity contribution in [3.05, 3.63) is 0 Å². The summed E-state index contributed by atoms with van der Waals surface area (Å²) >= 11 is 0. The molecule has 0 aromatic carbocycles. The van der Waals surface area contributed by atoms with Crippen molar-refractivity contribution in [3.63, 3.8) is 0 Å². The molecule has 0 radical (unpaired) electrons. The van der Waals surface area contributed by atoms with E-state index in [0.717, 1.165) is 42.9 Å². The molecule has 1 saturated heterocycles. The molecule has 1 aliphatic heterocycles. The minimum Gasteiger partial charge on any atom is -0.381 e. The molecule has 2 nitrogen and oxygen atoms in total. The molecule has 5 unspecified atom stereocenters. The third-order valence-corrected chi connectivity index (χ3v) is 5.36. The maximum Gasteiger partial charge on any atom is 0.0510 e. The second-order valence-corrected chi connectivity index (χ2v) is 6.44. The van der Waals surface area contributed by atoms with E-state index in [4.69, 9.17) is 4.74 Å². The van der Waals surface area contributed by atoms with Gasteiger partial charge in [0.1, 0.15) is 0 Å². The first-order valence-corrected chi connectivity index (χ1v) is 7.69. The summed E-state index contributed by atoms with van der Waals surface area (Å²) in [7, 11) is 0. The van der Waals surface area contributed by atoms with Gasteiger partial charge in [0, 0.05) is 18.6 Å². The van der Waals surface area contributed by atoms with E-state index < -0.39 is 0 Å². The molecule has 1 heterocycles. The molecule has 2 heteroatoms. The van der Waals surface area contributed by atoms with Crippen molar-refractivity contribution in [2.75, 3.05) is 19.8 Å². The van der Waals surface area contributed by atoms with Crippen LogP contribution in [0.3, 0.4) is 0 Å². The first-order chi connectivity index (χ1) is 8.38. The topological polar surface area (TPSA) is 21.3 Å². The summed E-state index contributed by atoms with van der Waals surface area (Å²) in [6, 6.07) is 0.757. The van der Waals surface area contributed by atoms with Gasteiger partial charge < -0.3 is 10.1 Å². The fraction of sp³-hybridized carbons (Fsp3) is 1.00. The third kappa shape index (κ3) is 2.39. The summed E-state index contributed by atoms with van der Waals surface area (Å²) in [6.45, 7) is 5.47. The second kappa shape index (κ2) is 5.27. The van der Waals surface area contributed by atoms with Gasteiger partial charge in [-0.15, -0.1) is 0 Å². The minimum absolute atomic E-state index is 0.757. The summed E-state index contributed by atoms with van der Waals surface area (Å²) in [4.78, 5) is 0. The lowest BCUT2D eigenvalue weighted by Crippen LogP contribution is -2.45. The Bertz CT molecular complexity index is 249. The number of rotatable bonds is 5. The van der Waals surface area contributed by atoms with Crippen LogP contribution in [-0.2, 0) is 4.74 Å². The lowest BCUT2D eigenvalue weighted by Gasteiger charge is -2.35. The number of hydrogen-bond acceptors (Lipinski definition) is 2. The minimum atomic E-state index is 0.757. The Hall–Kier alpha value is -0.0800. The standard InChI is InChI=1S/C15H27NO/c1-2-6-16-15(13-5-7-17-10-13)14-9-11-3-4-12(14)8-11/h11-16H,2-10H2,1H3. The van der Waals surface area contributed by atoms with Gasteiger partial charge >= 0.3 is 0 Å². The molecule has 3 rings (SSSR count). The Morgan fingerprint density at radius 3 is 2.76 bits per heavy atom. The van der Waals surface area contributed by atoms with Crippen LogP contribution in [-0.4, -0.2) is 25.8 Å². The maximum atomic E-state index is 5.62. The van der Waals surface area contributed by atoms with Crippen molar-refractivity contribution in [1.29, 1.82) is 0 Å². The molecule has 0 spiro atoms. The highest BCUT2D eigenvalue weighted by atomic mass is 16.5. The van der Waals surface area contributed by atoms with E-state index in [1.165, 1.54) is 45.1 Å². The zero-order valence-electron chi connectivity index (χ0n) is 11.2. The predicted octanol–water partition coefficient (Wildman–Crippen LogP) is 2.83. The number of fused-ring (bicyclic) bond motifs is 2. The van der Waals surface area contributed by atoms with Gasteiger partial charge in [0.05, 0.1) is 6.61 Å². The molecule has 5 atom stereocenters. The predicted molar refractivity (Wildman–Crippen MR) is 69.9 cm³/mol. The van der Waals surface area contributed by atoms with Gasteiger partial charge in [-0.1, -0.05) is 13.3 Å². The van der Waals surface area contributed by atoms with E-state index in [2.05, 4.69) is 12.2 Å². The largest absolute Gasteiger partial charge is 0.381 e. The van der Waals surface area contributed by atoms with E-state index in [1.807, 2.05) is 0 Å². The van der Waals surface area contributed by atoms with E-state index in [-0.39, 0.29) is 0 Å². The summed E-state index contributed by atoms with van der Waals surface area (Å²) in [5, 5.41) is 3.86. The molecule has 0 aromatic rings. The Morgan fingerprint density at radius 1 is 1.24 bits per heavy atom. The molecule has 2 saturated carbocycles. The van der Waals surface area contributed by atoms with Crippen LogP contribution in [0.1, 0.15) is 45.4 Å². The maximum absolute atomic E-state index is 5.62. The average molecular weight is 237 g/mol. The van der Waals surface area contributed by atoms with Crippen LogP contribution in [0.25, 0.3) is 0 Å². The molecule has 2 bridgehead atoms. The Kier molecular flexibility index (Phi) is 3.72. The van der Waals surface area contributed by atoms with Crippen LogP contribution in [0.2, 0.25) is 0 Å². The van der Waals surface area contributed by atoms with Crippen LogP contribution in [0.5, 0.6) is 0 Å². The SMILES string of the molecule is CCCNC(C1CCOC1)C1CC2CCC1C2. The zero-order valence-corrected chi connectivity index (χ0v) is 11.2. The highest BCUT2D eigenvalue weighted by Crippen LogP contribution is 2.50. The number of ether oxygens (including phenoxy) is 1. The fourth-order valence-corrected chi connectivity index (χ4v) is 4.55. The molecule has 17 heavy (non-hydrogen) atoms. The molecule has 3 fully saturated rings. The molecule has 0 amide bonds. The second-order valence-electron chi connectivity index (χ2n) is 6.44. The van der Waals surface area contributed by atoms with Crippen molar-refractivity contribution >= 4 is 0 Å². The van der Waals surface area contributed by atoms with Crippen molar-refractivity contribution in [3.8, 4) is 0 Å². The molecular formula is C15H27NO. The van der Waals surface area contributed by atoms with E-state index in [0.29, 0.717) is 0 Å². The van der Waals surface area contributed by atoms with Gasteiger partial charge in [-0.3, -0.25) is 0 Å². The highest BCUT2D eigenvalue weighted by Gasteiger charge is 2.45. The van der Waals surface area contributed by atoms with Gasteiger partial charge in [0.15, 0.2) is 0 Å². The van der Waals surface area contributed by atoms with Gasteiger partial charge in [-0.05, 0) is 56.4 Å². The summed E-state index contributed by atoms with van der Waals surface area (Å²) < 4.78 is 5.62. The number of hydrogen-bond donors (Lipinski definition) is 1. The lowest BCUT2D eigenvalue weighted by atomic mass is 9.77. The van der Waals surface area contributed by atoms with E-state index in [9.17, 15) is 0 Å². The van der Waals surface area contributed by atoms with Crippen LogP contribution in [0, 0.1) is 23.7 Å². The Morgan fingerprint density at radius 2 is 2.18 bits per heavy atom. The molecule has 3 aliphatic rings. The number of nitrogens with one attached hydrogen (secondary N) is 1. The molecule has 1 N–H and O–H groups in total. The van der Waals surface area contributed by atoms with E-state index in [1.54, 1.807) is 0 Å². The molecular weight excluding hydrogens is 210 g/mol. The van der Waals surface area contributed by atoms with Gasteiger partial charge in [0.2, 0.25) is 0 Å². The fourth-order valence-electron chi connectivity index (χ4n) is 4.55. The van der Waals surface area contributed by atoms with Crippen LogP contribution in [0.4, 0.5) is 0 Å². The van der Waals surface area contributed by atoms with Crippen LogP contribution in [0.15, 0.2) is 0 Å².